The number of pyridine rings is 2. The first-order valence-electron chi connectivity index (χ1n) is 24.4. The predicted octanol–water partition coefficient (Wildman–Crippen LogP) is 16.8. The van der Waals surface area contributed by atoms with Gasteiger partial charge in [-0.2, -0.15) is 0 Å². The van der Waals surface area contributed by atoms with E-state index in [1.54, 1.807) is 0 Å². The van der Waals surface area contributed by atoms with Gasteiger partial charge in [0.15, 0.2) is 0 Å². The largest absolute Gasteiger partial charge is 0.309 e. The fourth-order valence-electron chi connectivity index (χ4n) is 13.6. The van der Waals surface area contributed by atoms with E-state index in [1.807, 2.05) is 29.3 Å². The van der Waals surface area contributed by atoms with Crippen molar-refractivity contribution in [3.63, 3.8) is 0 Å². The molecular weight excluding hydrogens is 899 g/mol. The van der Waals surface area contributed by atoms with Gasteiger partial charge >= 0.3 is 0 Å². The van der Waals surface area contributed by atoms with Crippen LogP contribution in [-0.4, -0.2) is 14.5 Å². The van der Waals surface area contributed by atoms with Crippen LogP contribution >= 0.6 is 23.1 Å². The number of hydrogen-bond acceptors (Lipinski definition) is 4. The van der Waals surface area contributed by atoms with Crippen molar-refractivity contribution in [2.24, 2.45) is 0 Å². The van der Waals surface area contributed by atoms with Gasteiger partial charge in [0.05, 0.1) is 33.3 Å². The lowest BCUT2D eigenvalue weighted by atomic mass is 9.66. The van der Waals surface area contributed by atoms with Crippen LogP contribution < -0.4 is 0 Å². The first kappa shape index (κ1) is 38.5. The zero-order valence-electron chi connectivity index (χ0n) is 38.0. The summed E-state index contributed by atoms with van der Waals surface area (Å²) >= 11 is 3.78. The molecule has 4 aliphatic rings. The molecule has 0 bridgehead atoms. The zero-order valence-corrected chi connectivity index (χ0v) is 39.7. The lowest BCUT2D eigenvalue weighted by Crippen LogP contribution is -2.33. The van der Waals surface area contributed by atoms with E-state index in [9.17, 15) is 0 Å². The Hall–Kier alpha value is -8.35. The van der Waals surface area contributed by atoms with Crippen LogP contribution in [0.25, 0.3) is 92.4 Å². The van der Waals surface area contributed by atoms with Crippen LogP contribution in [0.2, 0.25) is 0 Å². The maximum atomic E-state index is 5.48. The highest BCUT2D eigenvalue weighted by Gasteiger charge is 2.56. The van der Waals surface area contributed by atoms with Crippen LogP contribution in [0.5, 0.6) is 0 Å². The van der Waals surface area contributed by atoms with Gasteiger partial charge in [-0.1, -0.05) is 157 Å². The molecule has 1 unspecified atom stereocenters. The highest BCUT2D eigenvalue weighted by Crippen LogP contribution is 2.67. The second-order valence-electron chi connectivity index (χ2n) is 19.5. The normalized spacial score (nSPS) is 16.0. The summed E-state index contributed by atoms with van der Waals surface area (Å²) < 4.78 is 5.07. The third-order valence-corrected chi connectivity index (χ3v) is 18.6. The number of fused-ring (bicyclic) bond motifs is 25. The van der Waals surface area contributed by atoms with E-state index < -0.39 is 10.8 Å². The quantitative estimate of drug-likeness (QED) is 0.173. The molecule has 0 amide bonds. The number of thiophene rings is 1. The molecule has 5 heteroatoms. The lowest BCUT2D eigenvalue weighted by molar-refractivity contribution is 0.715. The van der Waals surface area contributed by atoms with E-state index in [-0.39, 0.29) is 0 Å². The highest BCUT2D eigenvalue weighted by molar-refractivity contribution is 7.99. The average molecular weight is 936 g/mol. The highest BCUT2D eigenvalue weighted by atomic mass is 32.2. The van der Waals surface area contributed by atoms with Crippen LogP contribution in [-0.2, 0) is 10.8 Å². The van der Waals surface area contributed by atoms with Crippen molar-refractivity contribution in [2.45, 2.75) is 20.6 Å². The Morgan fingerprint density at radius 1 is 0.352 bits per heavy atom. The van der Waals surface area contributed by atoms with Crippen LogP contribution in [0.15, 0.2) is 235 Å². The molecule has 4 aromatic heterocycles. The molecule has 9 aromatic carbocycles. The summed E-state index contributed by atoms with van der Waals surface area (Å²) in [6.07, 6.45) is 4.01. The summed E-state index contributed by atoms with van der Waals surface area (Å²) in [5.74, 6) is 0. The van der Waals surface area contributed by atoms with Gasteiger partial charge in [0, 0.05) is 69.9 Å². The fourth-order valence-corrected chi connectivity index (χ4v) is 15.9. The Kier molecular flexibility index (Phi) is 7.43. The van der Waals surface area contributed by atoms with Crippen LogP contribution in [0, 0.1) is 0 Å². The Morgan fingerprint density at radius 2 is 1.00 bits per heavy atom. The summed E-state index contributed by atoms with van der Waals surface area (Å²) in [7, 11) is 0. The van der Waals surface area contributed by atoms with Gasteiger partial charge in [0.25, 0.3) is 0 Å². The van der Waals surface area contributed by atoms with Gasteiger partial charge in [-0.15, -0.1) is 11.3 Å². The first-order chi connectivity index (χ1) is 35.2. The van der Waals surface area contributed by atoms with Crippen molar-refractivity contribution in [2.75, 3.05) is 0 Å². The molecule has 0 radical (unpaired) electrons. The number of aromatic nitrogens is 3. The van der Waals surface area contributed by atoms with Crippen molar-refractivity contribution in [3.8, 4) is 50.5 Å². The standard InChI is InChI=1S/C66H37N3S2/c1-2-15-40(16-3-1)69-57-32-38(28-29-44(57)47-33-48-45-20-7-12-26-59(45)70-61(48)36-58(47)69)39-31-56-64(68-37-39)63-53(25-14-30-67-63)66(56)52-24-11-13-27-60(52)71-62-35-54-46(34-55(62)66)43-19-6-10-23-51(43)65(54)49-21-8-4-17-41(49)42-18-5-9-22-50(42)65/h1-37H. The Morgan fingerprint density at radius 3 is 1.80 bits per heavy atom. The molecule has 3 nitrogen and oxygen atoms in total. The summed E-state index contributed by atoms with van der Waals surface area (Å²) in [6.45, 7) is 0. The molecule has 0 saturated carbocycles. The van der Waals surface area contributed by atoms with Crippen molar-refractivity contribution in [1.29, 1.82) is 0 Å². The van der Waals surface area contributed by atoms with Gasteiger partial charge in [0.2, 0.25) is 0 Å². The van der Waals surface area contributed by atoms with Gasteiger partial charge in [-0.05, 0) is 133 Å². The molecule has 0 saturated heterocycles. The molecule has 0 N–H and O–H groups in total. The van der Waals surface area contributed by atoms with E-state index >= 15 is 0 Å². The monoisotopic (exact) mass is 935 g/mol. The van der Waals surface area contributed by atoms with E-state index in [4.69, 9.17) is 9.97 Å². The lowest BCUT2D eigenvalue weighted by Gasteiger charge is -2.40. The molecule has 1 aliphatic heterocycles. The molecule has 2 spiro atoms. The topological polar surface area (TPSA) is 30.7 Å². The van der Waals surface area contributed by atoms with Crippen LogP contribution in [0.1, 0.15) is 44.5 Å². The second-order valence-corrected chi connectivity index (χ2v) is 21.7. The maximum absolute atomic E-state index is 5.48. The van der Waals surface area contributed by atoms with Gasteiger partial charge in [0.1, 0.15) is 0 Å². The number of para-hydroxylation sites is 1. The van der Waals surface area contributed by atoms with Crippen LogP contribution in [0.3, 0.4) is 0 Å². The average Bonchev–Trinajstić information content (AvgIpc) is 4.20. The first-order valence-corrected chi connectivity index (χ1v) is 26.0. The van der Waals surface area contributed by atoms with E-state index in [2.05, 4.69) is 223 Å². The minimum absolute atomic E-state index is 0.440. The second kappa shape index (κ2) is 13.7. The minimum atomic E-state index is -0.679. The smallest absolute Gasteiger partial charge is 0.0937 e. The Balaban J connectivity index is 0.926. The molecule has 3 aliphatic carbocycles. The van der Waals surface area contributed by atoms with Crippen molar-refractivity contribution in [1.82, 2.24) is 14.5 Å². The third-order valence-electron chi connectivity index (χ3n) is 16.4. The van der Waals surface area contributed by atoms with E-state index in [0.29, 0.717) is 0 Å². The summed E-state index contributed by atoms with van der Waals surface area (Å²) in [5, 5.41) is 5.11. The molecule has 0 fully saturated rings. The number of rotatable bonds is 2. The molecule has 1 atom stereocenters. The molecule has 17 rings (SSSR count). The Labute approximate surface area is 417 Å². The molecule has 71 heavy (non-hydrogen) atoms. The van der Waals surface area contributed by atoms with Crippen molar-refractivity contribution >= 4 is 65.1 Å². The van der Waals surface area contributed by atoms with E-state index in [0.717, 1.165) is 28.2 Å². The van der Waals surface area contributed by atoms with Gasteiger partial charge in [-0.3, -0.25) is 9.97 Å². The summed E-state index contributed by atoms with van der Waals surface area (Å²) in [6, 6.07) is 80.0. The molecule has 328 valence electrons. The number of nitrogens with zero attached hydrogens (tertiary/aromatic N) is 3. The maximum Gasteiger partial charge on any atom is 0.0937 e. The van der Waals surface area contributed by atoms with Crippen LogP contribution in [0.4, 0.5) is 0 Å². The third kappa shape index (κ3) is 4.72. The molecular formula is C66H37N3S2. The SMILES string of the molecule is c1ccc(-n2c3cc(-c4cnc5c(c4)C4(c6ccccc6Sc6cc7c(cc64)-c4ccccc4C74c6ccccc6-c6ccccc64)c4cccnc4-5)ccc3c3cc4c(cc32)sc2ccccc24)cc1. The number of benzene rings is 9. The fraction of sp³-hybridized carbons (Fsp3) is 0.0303. The van der Waals surface area contributed by atoms with Crippen molar-refractivity contribution in [3.05, 3.63) is 269 Å². The Bertz CT molecular complexity index is 4480. The predicted molar refractivity (Wildman–Crippen MR) is 292 cm³/mol. The summed E-state index contributed by atoms with van der Waals surface area (Å²) in [5.41, 5.74) is 22.0. The van der Waals surface area contributed by atoms with Crippen molar-refractivity contribution < 1.29 is 0 Å². The summed E-state index contributed by atoms with van der Waals surface area (Å²) in [4.78, 5) is 13.2. The minimum Gasteiger partial charge on any atom is -0.309 e. The zero-order chi connectivity index (χ0) is 46.2. The van der Waals surface area contributed by atoms with E-state index in [1.165, 1.54) is 119 Å². The van der Waals surface area contributed by atoms with Gasteiger partial charge in [-0.25, -0.2) is 0 Å². The molecule has 5 heterocycles. The molecule has 13 aromatic rings. The van der Waals surface area contributed by atoms with Gasteiger partial charge < -0.3 is 4.57 Å². The number of hydrogen-bond donors (Lipinski definition) is 0.